The molecule has 1 heterocycles. The summed E-state index contributed by atoms with van der Waals surface area (Å²) in [5, 5.41) is 0. The summed E-state index contributed by atoms with van der Waals surface area (Å²) >= 11 is 0. The average molecular weight is 280 g/mol. The number of benzene rings is 2. The number of H-pyrrole nitrogens is 1. The highest BCUT2D eigenvalue weighted by molar-refractivity contribution is 5.67. The number of para-hydroxylation sites is 1. The topological polar surface area (TPSA) is 64.2 Å². The third-order valence-corrected chi connectivity index (χ3v) is 2.77. The van der Waals surface area contributed by atoms with Gasteiger partial charge in [0.05, 0.1) is 0 Å². The summed E-state index contributed by atoms with van der Waals surface area (Å²) in [6.45, 7) is 0. The summed E-state index contributed by atoms with van der Waals surface area (Å²) in [7, 11) is 0. The summed E-state index contributed by atoms with van der Waals surface area (Å²) in [4.78, 5) is 18.8. The Morgan fingerprint density at radius 2 is 1.57 bits per heavy atom. The normalized spacial score (nSPS) is 10.1. The summed E-state index contributed by atoms with van der Waals surface area (Å²) in [6.07, 6.45) is 2.65. The number of hydrogen-bond donors (Lipinski definition) is 1. The Labute approximate surface area is 121 Å². The molecule has 21 heavy (non-hydrogen) atoms. The average Bonchev–Trinajstić information content (AvgIpc) is 3.03. The van der Waals surface area contributed by atoms with Crippen LogP contribution in [0.4, 0.5) is 4.79 Å². The van der Waals surface area contributed by atoms with Crippen molar-refractivity contribution in [3.63, 3.8) is 0 Å². The third-order valence-electron chi connectivity index (χ3n) is 2.77. The minimum atomic E-state index is -0.771. The molecule has 0 amide bonds. The van der Waals surface area contributed by atoms with Crippen LogP contribution >= 0.6 is 0 Å². The second kappa shape index (κ2) is 5.92. The number of hydrogen-bond acceptors (Lipinski definition) is 4. The highest BCUT2D eigenvalue weighted by Gasteiger charge is 2.08. The van der Waals surface area contributed by atoms with Gasteiger partial charge in [-0.05, 0) is 36.4 Å². The van der Waals surface area contributed by atoms with Gasteiger partial charge in [-0.2, -0.15) is 0 Å². The molecule has 5 nitrogen and oxygen atoms in total. The minimum Gasteiger partial charge on any atom is -0.395 e. The van der Waals surface area contributed by atoms with Gasteiger partial charge in [-0.15, -0.1) is 0 Å². The van der Waals surface area contributed by atoms with E-state index in [9.17, 15) is 4.79 Å². The summed E-state index contributed by atoms with van der Waals surface area (Å²) < 4.78 is 10.1. The SMILES string of the molecule is O=C(Oc1ccccc1)Oc1ccc(-c2ncc[nH]2)cc1. The molecule has 1 aromatic heterocycles. The van der Waals surface area contributed by atoms with E-state index in [0.717, 1.165) is 11.4 Å². The Balaban J connectivity index is 1.64. The van der Waals surface area contributed by atoms with Crippen LogP contribution in [0.1, 0.15) is 0 Å². The molecule has 104 valence electrons. The van der Waals surface area contributed by atoms with E-state index in [1.165, 1.54) is 0 Å². The Kier molecular flexibility index (Phi) is 3.64. The molecule has 0 bridgehead atoms. The number of imidazole rings is 1. The van der Waals surface area contributed by atoms with Gasteiger partial charge in [0.15, 0.2) is 0 Å². The number of nitrogens with one attached hydrogen (secondary N) is 1. The summed E-state index contributed by atoms with van der Waals surface area (Å²) in [6, 6.07) is 15.7. The van der Waals surface area contributed by atoms with E-state index in [4.69, 9.17) is 9.47 Å². The standard InChI is InChI=1S/C16H12N2O3/c19-16(20-13-4-2-1-3-5-13)21-14-8-6-12(7-9-14)15-17-10-11-18-15/h1-11H,(H,17,18). The fourth-order valence-electron chi connectivity index (χ4n) is 1.81. The lowest BCUT2D eigenvalue weighted by atomic mass is 10.2. The monoisotopic (exact) mass is 280 g/mol. The number of rotatable bonds is 3. The van der Waals surface area contributed by atoms with Crippen molar-refractivity contribution in [1.29, 1.82) is 0 Å². The number of ether oxygens (including phenoxy) is 2. The van der Waals surface area contributed by atoms with Crippen LogP contribution in [0.3, 0.4) is 0 Å². The van der Waals surface area contributed by atoms with Crippen molar-refractivity contribution in [3.05, 3.63) is 67.0 Å². The van der Waals surface area contributed by atoms with E-state index in [-0.39, 0.29) is 0 Å². The van der Waals surface area contributed by atoms with Crippen LogP contribution in [-0.2, 0) is 0 Å². The molecule has 0 aliphatic rings. The lowest BCUT2D eigenvalue weighted by Gasteiger charge is -2.05. The number of aromatic amines is 1. The van der Waals surface area contributed by atoms with E-state index in [1.807, 2.05) is 18.2 Å². The molecule has 0 saturated carbocycles. The second-order valence-electron chi connectivity index (χ2n) is 4.23. The van der Waals surface area contributed by atoms with Crippen LogP contribution in [-0.4, -0.2) is 16.1 Å². The van der Waals surface area contributed by atoms with Crippen LogP contribution in [0.25, 0.3) is 11.4 Å². The first-order valence-corrected chi connectivity index (χ1v) is 6.36. The smallest absolute Gasteiger partial charge is 0.395 e. The van der Waals surface area contributed by atoms with E-state index >= 15 is 0 Å². The minimum absolute atomic E-state index is 0.409. The molecule has 0 aliphatic heterocycles. The van der Waals surface area contributed by atoms with Crippen LogP contribution in [0.15, 0.2) is 67.0 Å². The third kappa shape index (κ3) is 3.27. The number of aromatic nitrogens is 2. The first-order valence-electron chi connectivity index (χ1n) is 6.36. The van der Waals surface area contributed by atoms with Gasteiger partial charge in [0, 0.05) is 18.0 Å². The maximum absolute atomic E-state index is 11.6. The Morgan fingerprint density at radius 1 is 0.905 bits per heavy atom. The van der Waals surface area contributed by atoms with Crippen molar-refractivity contribution >= 4 is 6.16 Å². The van der Waals surface area contributed by atoms with Gasteiger partial charge in [-0.1, -0.05) is 18.2 Å². The van der Waals surface area contributed by atoms with Crippen LogP contribution < -0.4 is 9.47 Å². The molecule has 0 radical (unpaired) electrons. The maximum atomic E-state index is 11.6. The van der Waals surface area contributed by atoms with Crippen molar-refractivity contribution in [1.82, 2.24) is 9.97 Å². The first-order chi connectivity index (χ1) is 10.3. The number of carbonyl (C=O) groups excluding carboxylic acids is 1. The fraction of sp³-hybridized carbons (Fsp3) is 0. The fourth-order valence-corrected chi connectivity index (χ4v) is 1.81. The lowest BCUT2D eigenvalue weighted by molar-refractivity contribution is 0.152. The maximum Gasteiger partial charge on any atom is 0.519 e. The molecule has 0 unspecified atom stereocenters. The van der Waals surface area contributed by atoms with Gasteiger partial charge in [0.25, 0.3) is 0 Å². The van der Waals surface area contributed by atoms with Gasteiger partial charge in [0.2, 0.25) is 0 Å². The van der Waals surface area contributed by atoms with Gasteiger partial charge in [-0.3, -0.25) is 0 Å². The van der Waals surface area contributed by atoms with Crippen molar-refractivity contribution in [3.8, 4) is 22.9 Å². The Morgan fingerprint density at radius 3 is 2.19 bits per heavy atom. The Hall–Kier alpha value is -3.08. The van der Waals surface area contributed by atoms with Crippen LogP contribution in [0.5, 0.6) is 11.5 Å². The van der Waals surface area contributed by atoms with Gasteiger partial charge in [0.1, 0.15) is 17.3 Å². The molecule has 3 rings (SSSR count). The number of carbonyl (C=O) groups is 1. The molecular weight excluding hydrogens is 268 g/mol. The Bertz CT molecular complexity index is 707. The predicted molar refractivity (Wildman–Crippen MR) is 77.1 cm³/mol. The van der Waals surface area contributed by atoms with Gasteiger partial charge >= 0.3 is 6.16 Å². The van der Waals surface area contributed by atoms with Crippen molar-refractivity contribution in [2.75, 3.05) is 0 Å². The van der Waals surface area contributed by atoms with Gasteiger partial charge in [-0.25, -0.2) is 9.78 Å². The van der Waals surface area contributed by atoms with E-state index < -0.39 is 6.16 Å². The zero-order valence-electron chi connectivity index (χ0n) is 11.0. The molecule has 0 saturated heterocycles. The quantitative estimate of drug-likeness (QED) is 0.587. The van der Waals surface area contributed by atoms with Crippen LogP contribution in [0, 0.1) is 0 Å². The van der Waals surface area contributed by atoms with Crippen molar-refractivity contribution < 1.29 is 14.3 Å². The molecule has 3 aromatic rings. The highest BCUT2D eigenvalue weighted by atomic mass is 16.7. The van der Waals surface area contributed by atoms with Crippen molar-refractivity contribution in [2.24, 2.45) is 0 Å². The molecular formula is C16H12N2O3. The first kappa shape index (κ1) is 12.9. The number of nitrogens with zero attached hydrogens (tertiary/aromatic N) is 1. The summed E-state index contributed by atoms with van der Waals surface area (Å²) in [5.74, 6) is 1.61. The molecule has 0 fully saturated rings. The van der Waals surface area contributed by atoms with Crippen LogP contribution in [0.2, 0.25) is 0 Å². The molecule has 1 N–H and O–H groups in total. The zero-order valence-corrected chi connectivity index (χ0v) is 11.0. The lowest BCUT2D eigenvalue weighted by Crippen LogP contribution is -2.13. The van der Waals surface area contributed by atoms with E-state index in [2.05, 4.69) is 9.97 Å². The van der Waals surface area contributed by atoms with E-state index in [0.29, 0.717) is 11.5 Å². The molecule has 0 aliphatic carbocycles. The largest absolute Gasteiger partial charge is 0.519 e. The highest BCUT2D eigenvalue weighted by Crippen LogP contribution is 2.19. The van der Waals surface area contributed by atoms with E-state index in [1.54, 1.807) is 48.8 Å². The summed E-state index contributed by atoms with van der Waals surface area (Å²) in [5.41, 5.74) is 0.906. The molecule has 2 aromatic carbocycles. The zero-order chi connectivity index (χ0) is 14.5. The van der Waals surface area contributed by atoms with Gasteiger partial charge < -0.3 is 14.5 Å². The molecule has 0 atom stereocenters. The van der Waals surface area contributed by atoms with Crippen molar-refractivity contribution in [2.45, 2.75) is 0 Å². The molecule has 5 heteroatoms. The predicted octanol–water partition coefficient (Wildman–Crippen LogP) is 3.65. The second-order valence-corrected chi connectivity index (χ2v) is 4.23. The molecule has 0 spiro atoms.